The van der Waals surface area contributed by atoms with Gasteiger partial charge >= 0.3 is 0 Å². The molecule has 0 radical (unpaired) electrons. The molecule has 0 unspecified atom stereocenters. The molecule has 5 heteroatoms. The van der Waals surface area contributed by atoms with Gasteiger partial charge in [0.05, 0.1) is 13.2 Å². The third-order valence-electron chi connectivity index (χ3n) is 3.60. The lowest BCUT2D eigenvalue weighted by atomic mass is 10.1. The SMILES string of the molecule is c1cc2cnc3[nH]ccc3c2c(N2CCOCC2)n1. The summed E-state index contributed by atoms with van der Waals surface area (Å²) in [7, 11) is 0. The molecule has 1 N–H and O–H groups in total. The van der Waals surface area contributed by atoms with E-state index in [4.69, 9.17) is 4.74 Å². The molecule has 0 bridgehead atoms. The van der Waals surface area contributed by atoms with Crippen molar-refractivity contribution in [3.05, 3.63) is 30.7 Å². The number of ether oxygens (including phenoxy) is 1. The first-order chi connectivity index (χ1) is 9.43. The number of fused-ring (bicyclic) bond motifs is 3. The van der Waals surface area contributed by atoms with Gasteiger partial charge in [0, 0.05) is 47.8 Å². The second-order valence-electron chi connectivity index (χ2n) is 4.70. The average Bonchev–Trinajstić information content (AvgIpc) is 2.96. The van der Waals surface area contributed by atoms with Crippen molar-refractivity contribution in [1.29, 1.82) is 0 Å². The number of nitrogens with one attached hydrogen (secondary N) is 1. The van der Waals surface area contributed by atoms with E-state index in [1.54, 1.807) is 0 Å². The van der Waals surface area contributed by atoms with Crippen LogP contribution in [-0.4, -0.2) is 41.3 Å². The third kappa shape index (κ3) is 1.66. The van der Waals surface area contributed by atoms with Crippen molar-refractivity contribution in [2.24, 2.45) is 0 Å². The fourth-order valence-electron chi connectivity index (χ4n) is 2.67. The molecule has 4 rings (SSSR count). The van der Waals surface area contributed by atoms with Crippen molar-refractivity contribution < 1.29 is 4.74 Å². The molecule has 96 valence electrons. The second kappa shape index (κ2) is 4.20. The van der Waals surface area contributed by atoms with Crippen LogP contribution < -0.4 is 4.90 Å². The summed E-state index contributed by atoms with van der Waals surface area (Å²) in [6, 6.07) is 4.08. The van der Waals surface area contributed by atoms with Gasteiger partial charge in [-0.1, -0.05) is 0 Å². The summed E-state index contributed by atoms with van der Waals surface area (Å²) in [6.45, 7) is 3.31. The summed E-state index contributed by atoms with van der Waals surface area (Å²) in [6.07, 6.45) is 5.68. The predicted octanol–water partition coefficient (Wildman–Crippen LogP) is 1.95. The number of hydrogen-bond acceptors (Lipinski definition) is 4. The summed E-state index contributed by atoms with van der Waals surface area (Å²) in [5.74, 6) is 1.04. The van der Waals surface area contributed by atoms with Crippen LogP contribution in [-0.2, 0) is 4.74 Å². The molecule has 0 atom stereocenters. The standard InChI is InChI=1S/C14H14N4O/c1-3-16-14(18-5-7-19-8-6-18)12-10(1)9-17-13-11(12)2-4-15-13/h1-4,9H,5-8H2,(H,15,17). The van der Waals surface area contributed by atoms with Crippen LogP contribution >= 0.6 is 0 Å². The van der Waals surface area contributed by atoms with Gasteiger partial charge in [-0.2, -0.15) is 0 Å². The van der Waals surface area contributed by atoms with Crippen LogP contribution in [0.2, 0.25) is 0 Å². The third-order valence-corrected chi connectivity index (χ3v) is 3.60. The number of rotatable bonds is 1. The molecule has 4 heterocycles. The van der Waals surface area contributed by atoms with Crippen LogP contribution in [0.25, 0.3) is 21.8 Å². The maximum atomic E-state index is 5.42. The first-order valence-electron chi connectivity index (χ1n) is 6.47. The topological polar surface area (TPSA) is 54.0 Å². The fraction of sp³-hybridized carbons (Fsp3) is 0.286. The number of aromatic nitrogens is 3. The zero-order chi connectivity index (χ0) is 12.7. The highest BCUT2D eigenvalue weighted by molar-refractivity contribution is 6.10. The number of aromatic amines is 1. The zero-order valence-corrected chi connectivity index (χ0v) is 10.5. The van der Waals surface area contributed by atoms with Gasteiger partial charge in [-0.25, -0.2) is 9.97 Å². The van der Waals surface area contributed by atoms with Crippen molar-refractivity contribution >= 4 is 27.6 Å². The van der Waals surface area contributed by atoms with Crippen LogP contribution in [0.5, 0.6) is 0 Å². The minimum Gasteiger partial charge on any atom is -0.378 e. The molecule has 0 aliphatic carbocycles. The van der Waals surface area contributed by atoms with E-state index >= 15 is 0 Å². The monoisotopic (exact) mass is 254 g/mol. The Bertz CT molecular complexity index is 730. The molecule has 1 aliphatic heterocycles. The van der Waals surface area contributed by atoms with E-state index in [0.29, 0.717) is 0 Å². The molecule has 0 spiro atoms. The molecule has 0 aromatic carbocycles. The van der Waals surface area contributed by atoms with Gasteiger partial charge in [0.2, 0.25) is 0 Å². The molecular weight excluding hydrogens is 240 g/mol. The first kappa shape index (κ1) is 10.8. The highest BCUT2D eigenvalue weighted by atomic mass is 16.5. The van der Waals surface area contributed by atoms with Gasteiger partial charge < -0.3 is 14.6 Å². The van der Waals surface area contributed by atoms with Crippen molar-refractivity contribution in [3.8, 4) is 0 Å². The van der Waals surface area contributed by atoms with Crippen molar-refractivity contribution in [3.63, 3.8) is 0 Å². The Morgan fingerprint density at radius 1 is 1.16 bits per heavy atom. The number of H-pyrrole nitrogens is 1. The predicted molar refractivity (Wildman–Crippen MR) is 74.4 cm³/mol. The van der Waals surface area contributed by atoms with Gasteiger partial charge in [-0.05, 0) is 12.1 Å². The molecular formula is C14H14N4O. The first-order valence-corrected chi connectivity index (χ1v) is 6.47. The van der Waals surface area contributed by atoms with Crippen molar-refractivity contribution in [2.45, 2.75) is 0 Å². The summed E-state index contributed by atoms with van der Waals surface area (Å²) in [4.78, 5) is 14.5. The van der Waals surface area contributed by atoms with E-state index < -0.39 is 0 Å². The highest BCUT2D eigenvalue weighted by Crippen LogP contribution is 2.30. The number of hydrogen-bond donors (Lipinski definition) is 1. The van der Waals surface area contributed by atoms with E-state index in [0.717, 1.165) is 48.5 Å². The average molecular weight is 254 g/mol. The summed E-state index contributed by atoms with van der Waals surface area (Å²) >= 11 is 0. The minimum absolute atomic E-state index is 0.763. The molecule has 1 fully saturated rings. The zero-order valence-electron chi connectivity index (χ0n) is 10.5. The summed E-state index contributed by atoms with van der Waals surface area (Å²) in [5.41, 5.74) is 0.912. The minimum atomic E-state index is 0.763. The van der Waals surface area contributed by atoms with Crippen LogP contribution in [0.15, 0.2) is 30.7 Å². The Morgan fingerprint density at radius 2 is 2.05 bits per heavy atom. The molecule has 5 nitrogen and oxygen atoms in total. The number of pyridine rings is 2. The lowest BCUT2D eigenvalue weighted by Crippen LogP contribution is -2.36. The highest BCUT2D eigenvalue weighted by Gasteiger charge is 2.17. The fourth-order valence-corrected chi connectivity index (χ4v) is 2.67. The summed E-state index contributed by atoms with van der Waals surface area (Å²) in [5, 5.41) is 3.44. The molecule has 0 saturated carbocycles. The quantitative estimate of drug-likeness (QED) is 0.721. The largest absolute Gasteiger partial charge is 0.378 e. The van der Waals surface area contributed by atoms with Crippen molar-refractivity contribution in [2.75, 3.05) is 31.2 Å². The Hall–Kier alpha value is -2.14. The number of nitrogens with zero attached hydrogens (tertiary/aromatic N) is 3. The molecule has 19 heavy (non-hydrogen) atoms. The Morgan fingerprint density at radius 3 is 2.95 bits per heavy atom. The number of morpholine rings is 1. The smallest absolute Gasteiger partial charge is 0.137 e. The van der Waals surface area contributed by atoms with Crippen LogP contribution in [0, 0.1) is 0 Å². The Labute approximate surface area is 110 Å². The van der Waals surface area contributed by atoms with Gasteiger partial charge in [0.1, 0.15) is 11.5 Å². The van der Waals surface area contributed by atoms with Crippen LogP contribution in [0.1, 0.15) is 0 Å². The summed E-state index contributed by atoms with van der Waals surface area (Å²) < 4.78 is 5.42. The van der Waals surface area contributed by atoms with Crippen molar-refractivity contribution in [1.82, 2.24) is 15.0 Å². The normalized spacial score (nSPS) is 16.3. The van der Waals surface area contributed by atoms with E-state index in [1.165, 1.54) is 5.39 Å². The lowest BCUT2D eigenvalue weighted by Gasteiger charge is -2.28. The van der Waals surface area contributed by atoms with Gasteiger partial charge in [-0.15, -0.1) is 0 Å². The lowest BCUT2D eigenvalue weighted by molar-refractivity contribution is 0.122. The van der Waals surface area contributed by atoms with E-state index in [2.05, 4.69) is 25.9 Å². The maximum absolute atomic E-state index is 5.42. The van der Waals surface area contributed by atoms with Crippen LogP contribution in [0.3, 0.4) is 0 Å². The second-order valence-corrected chi connectivity index (χ2v) is 4.70. The van der Waals surface area contributed by atoms with Gasteiger partial charge in [-0.3, -0.25) is 0 Å². The van der Waals surface area contributed by atoms with Gasteiger partial charge in [0.15, 0.2) is 0 Å². The van der Waals surface area contributed by atoms with E-state index in [1.807, 2.05) is 24.7 Å². The van der Waals surface area contributed by atoms with Gasteiger partial charge in [0.25, 0.3) is 0 Å². The molecule has 1 saturated heterocycles. The Balaban J connectivity index is 2.00. The Kier molecular flexibility index (Phi) is 2.38. The van der Waals surface area contributed by atoms with E-state index in [9.17, 15) is 0 Å². The maximum Gasteiger partial charge on any atom is 0.137 e. The molecule has 3 aromatic rings. The molecule has 3 aromatic heterocycles. The molecule has 1 aliphatic rings. The molecule has 0 amide bonds. The van der Waals surface area contributed by atoms with E-state index in [-0.39, 0.29) is 0 Å². The number of anilines is 1. The van der Waals surface area contributed by atoms with Crippen LogP contribution in [0.4, 0.5) is 5.82 Å².